The Bertz CT molecular complexity index is 259. The SMILES string of the molecule is CC1SCCC1NC1CCCC(C(=O)O)C1. The molecule has 0 amide bonds. The summed E-state index contributed by atoms with van der Waals surface area (Å²) in [5.74, 6) is 0.518. The minimum atomic E-state index is -0.611. The molecule has 92 valence electrons. The van der Waals surface area contributed by atoms with Crippen LogP contribution in [0.2, 0.25) is 0 Å². The molecule has 4 atom stereocenters. The van der Waals surface area contributed by atoms with Gasteiger partial charge in [-0.25, -0.2) is 0 Å². The molecule has 2 fully saturated rings. The monoisotopic (exact) mass is 243 g/mol. The standard InChI is InChI=1S/C12H21NO2S/c1-8-11(5-6-16-8)13-10-4-2-3-9(7-10)12(14)15/h8-11,13H,2-7H2,1H3,(H,14,15). The van der Waals surface area contributed by atoms with Gasteiger partial charge < -0.3 is 10.4 Å². The Balaban J connectivity index is 1.83. The third-order valence-corrected chi connectivity index (χ3v) is 5.18. The summed E-state index contributed by atoms with van der Waals surface area (Å²) in [7, 11) is 0. The van der Waals surface area contributed by atoms with Crippen molar-refractivity contribution in [3.63, 3.8) is 0 Å². The van der Waals surface area contributed by atoms with E-state index in [1.54, 1.807) is 0 Å². The Kier molecular flexibility index (Phi) is 4.14. The minimum Gasteiger partial charge on any atom is -0.481 e. The smallest absolute Gasteiger partial charge is 0.306 e. The molecule has 2 aliphatic rings. The summed E-state index contributed by atoms with van der Waals surface area (Å²) in [6.07, 6.45) is 5.13. The van der Waals surface area contributed by atoms with E-state index in [1.807, 2.05) is 11.8 Å². The number of rotatable bonds is 3. The third kappa shape index (κ3) is 2.92. The van der Waals surface area contributed by atoms with Gasteiger partial charge in [0.25, 0.3) is 0 Å². The van der Waals surface area contributed by atoms with Crippen molar-refractivity contribution in [2.75, 3.05) is 5.75 Å². The van der Waals surface area contributed by atoms with Crippen LogP contribution in [0, 0.1) is 5.92 Å². The molecule has 2 N–H and O–H groups in total. The van der Waals surface area contributed by atoms with Crippen LogP contribution in [0.5, 0.6) is 0 Å². The van der Waals surface area contributed by atoms with Gasteiger partial charge in [0.2, 0.25) is 0 Å². The van der Waals surface area contributed by atoms with E-state index < -0.39 is 5.97 Å². The van der Waals surface area contributed by atoms with Crippen molar-refractivity contribution < 1.29 is 9.90 Å². The van der Waals surface area contributed by atoms with E-state index in [0.29, 0.717) is 17.3 Å². The fourth-order valence-electron chi connectivity index (χ4n) is 2.82. The molecule has 0 bridgehead atoms. The predicted octanol–water partition coefficient (Wildman–Crippen LogP) is 2.11. The zero-order chi connectivity index (χ0) is 11.5. The molecule has 1 aliphatic carbocycles. The van der Waals surface area contributed by atoms with Gasteiger partial charge in [0.05, 0.1) is 5.92 Å². The van der Waals surface area contributed by atoms with Crippen molar-refractivity contribution in [3.05, 3.63) is 0 Å². The lowest BCUT2D eigenvalue weighted by molar-refractivity contribution is -0.143. The number of nitrogens with one attached hydrogen (secondary N) is 1. The molecule has 1 aliphatic heterocycles. The van der Waals surface area contributed by atoms with Crippen LogP contribution >= 0.6 is 11.8 Å². The zero-order valence-corrected chi connectivity index (χ0v) is 10.6. The van der Waals surface area contributed by atoms with Gasteiger partial charge in [-0.3, -0.25) is 4.79 Å². The molecule has 16 heavy (non-hydrogen) atoms. The number of thioether (sulfide) groups is 1. The van der Waals surface area contributed by atoms with Crippen LogP contribution in [0.1, 0.15) is 39.0 Å². The van der Waals surface area contributed by atoms with Crippen molar-refractivity contribution in [1.82, 2.24) is 5.32 Å². The summed E-state index contributed by atoms with van der Waals surface area (Å²) in [6, 6.07) is 1.03. The molecule has 0 aromatic heterocycles. The quantitative estimate of drug-likeness (QED) is 0.797. The molecule has 1 saturated heterocycles. The number of hydrogen-bond donors (Lipinski definition) is 2. The van der Waals surface area contributed by atoms with Gasteiger partial charge in [-0.2, -0.15) is 11.8 Å². The maximum absolute atomic E-state index is 11.0. The first-order chi connectivity index (χ1) is 7.66. The van der Waals surface area contributed by atoms with Crippen LogP contribution < -0.4 is 5.32 Å². The van der Waals surface area contributed by atoms with Crippen LogP contribution in [0.15, 0.2) is 0 Å². The Morgan fingerprint density at radius 1 is 1.38 bits per heavy atom. The topological polar surface area (TPSA) is 49.3 Å². The number of hydrogen-bond acceptors (Lipinski definition) is 3. The average Bonchev–Trinajstić information content (AvgIpc) is 2.65. The van der Waals surface area contributed by atoms with E-state index >= 15 is 0 Å². The van der Waals surface area contributed by atoms with E-state index in [2.05, 4.69) is 12.2 Å². The minimum absolute atomic E-state index is 0.115. The predicted molar refractivity (Wildman–Crippen MR) is 66.8 cm³/mol. The summed E-state index contributed by atoms with van der Waals surface area (Å²) in [5.41, 5.74) is 0. The molecule has 1 saturated carbocycles. The van der Waals surface area contributed by atoms with Gasteiger partial charge in [-0.05, 0) is 31.4 Å². The highest BCUT2D eigenvalue weighted by Crippen LogP contribution is 2.30. The van der Waals surface area contributed by atoms with E-state index in [1.165, 1.54) is 12.2 Å². The second-order valence-electron chi connectivity index (χ2n) is 5.04. The Labute approximate surface area is 101 Å². The molecule has 0 spiro atoms. The normalized spacial score (nSPS) is 39.8. The first-order valence-corrected chi connectivity index (χ1v) is 7.32. The van der Waals surface area contributed by atoms with Crippen molar-refractivity contribution in [2.45, 2.75) is 56.4 Å². The Morgan fingerprint density at radius 3 is 2.81 bits per heavy atom. The van der Waals surface area contributed by atoms with Crippen molar-refractivity contribution in [2.24, 2.45) is 5.92 Å². The molecule has 2 rings (SSSR count). The fourth-order valence-corrected chi connectivity index (χ4v) is 4.03. The zero-order valence-electron chi connectivity index (χ0n) is 9.82. The van der Waals surface area contributed by atoms with Gasteiger partial charge in [-0.15, -0.1) is 0 Å². The maximum atomic E-state index is 11.0. The maximum Gasteiger partial charge on any atom is 0.306 e. The summed E-state index contributed by atoms with van der Waals surface area (Å²) in [5, 5.41) is 13.4. The number of aliphatic carboxylic acids is 1. The molecule has 4 heteroatoms. The van der Waals surface area contributed by atoms with Gasteiger partial charge in [0, 0.05) is 17.3 Å². The number of carbonyl (C=O) groups is 1. The summed E-state index contributed by atoms with van der Waals surface area (Å²) in [6.45, 7) is 2.27. The summed E-state index contributed by atoms with van der Waals surface area (Å²) in [4.78, 5) is 11.0. The Hall–Kier alpha value is -0.220. The lowest BCUT2D eigenvalue weighted by Crippen LogP contribution is -2.44. The van der Waals surface area contributed by atoms with E-state index in [-0.39, 0.29) is 5.92 Å². The second-order valence-corrected chi connectivity index (χ2v) is 6.52. The highest BCUT2D eigenvalue weighted by molar-refractivity contribution is 8.00. The first kappa shape index (κ1) is 12.2. The van der Waals surface area contributed by atoms with Gasteiger partial charge in [0.1, 0.15) is 0 Å². The van der Waals surface area contributed by atoms with Gasteiger partial charge in [-0.1, -0.05) is 13.3 Å². The van der Waals surface area contributed by atoms with Crippen LogP contribution in [-0.2, 0) is 4.79 Å². The molecule has 1 heterocycles. The first-order valence-electron chi connectivity index (χ1n) is 6.27. The molecular weight excluding hydrogens is 222 g/mol. The van der Waals surface area contributed by atoms with E-state index in [0.717, 1.165) is 25.7 Å². The highest BCUT2D eigenvalue weighted by Gasteiger charge is 2.31. The van der Waals surface area contributed by atoms with Crippen molar-refractivity contribution in [3.8, 4) is 0 Å². The van der Waals surface area contributed by atoms with Crippen LogP contribution in [0.25, 0.3) is 0 Å². The lowest BCUT2D eigenvalue weighted by atomic mass is 9.85. The lowest BCUT2D eigenvalue weighted by Gasteiger charge is -2.31. The van der Waals surface area contributed by atoms with Crippen LogP contribution in [0.3, 0.4) is 0 Å². The largest absolute Gasteiger partial charge is 0.481 e. The summed E-state index contributed by atoms with van der Waals surface area (Å²) < 4.78 is 0. The molecule has 4 unspecified atom stereocenters. The van der Waals surface area contributed by atoms with Crippen LogP contribution in [-0.4, -0.2) is 34.2 Å². The molecular formula is C12H21NO2S. The number of carboxylic acid groups (broad SMARTS) is 1. The average molecular weight is 243 g/mol. The second kappa shape index (κ2) is 5.41. The summed E-state index contributed by atoms with van der Waals surface area (Å²) >= 11 is 2.02. The van der Waals surface area contributed by atoms with E-state index in [4.69, 9.17) is 5.11 Å². The third-order valence-electron chi connectivity index (χ3n) is 3.85. The fraction of sp³-hybridized carbons (Fsp3) is 0.917. The Morgan fingerprint density at radius 2 is 2.19 bits per heavy atom. The van der Waals surface area contributed by atoms with Gasteiger partial charge in [0.15, 0.2) is 0 Å². The molecule has 3 nitrogen and oxygen atoms in total. The van der Waals surface area contributed by atoms with E-state index in [9.17, 15) is 4.79 Å². The van der Waals surface area contributed by atoms with Crippen molar-refractivity contribution >= 4 is 17.7 Å². The molecule has 0 radical (unpaired) electrons. The highest BCUT2D eigenvalue weighted by atomic mass is 32.2. The number of carboxylic acids is 1. The van der Waals surface area contributed by atoms with Crippen LogP contribution in [0.4, 0.5) is 0 Å². The molecule has 0 aromatic rings. The molecule has 0 aromatic carbocycles. The van der Waals surface area contributed by atoms with Gasteiger partial charge >= 0.3 is 5.97 Å². The van der Waals surface area contributed by atoms with Crippen molar-refractivity contribution in [1.29, 1.82) is 0 Å².